The predicted molar refractivity (Wildman–Crippen MR) is 80.0 cm³/mol. The molecular weight excluding hydrogens is 293 g/mol. The van der Waals surface area contributed by atoms with Gasteiger partial charge in [0, 0.05) is 19.0 Å². The first kappa shape index (κ1) is 16.0. The fourth-order valence-corrected chi connectivity index (χ4v) is 3.02. The van der Waals surface area contributed by atoms with Gasteiger partial charge in [-0.15, -0.1) is 0 Å². The SMILES string of the molecule is CC(=O)CC1CCCCCN1C(=O)c1cccc(F)c1Cl. The number of amides is 1. The Morgan fingerprint density at radius 1 is 1.33 bits per heavy atom. The summed E-state index contributed by atoms with van der Waals surface area (Å²) in [5, 5.41) is -0.145. The molecule has 0 spiro atoms. The first-order valence-corrected chi connectivity index (χ1v) is 7.63. The third kappa shape index (κ3) is 3.82. The van der Waals surface area contributed by atoms with Crippen LogP contribution in [0.2, 0.25) is 5.02 Å². The summed E-state index contributed by atoms with van der Waals surface area (Å²) in [5.74, 6) is -0.821. The van der Waals surface area contributed by atoms with Crippen molar-refractivity contribution < 1.29 is 14.0 Å². The number of carbonyl (C=O) groups is 2. The van der Waals surface area contributed by atoms with E-state index in [-0.39, 0.29) is 28.3 Å². The largest absolute Gasteiger partial charge is 0.335 e. The number of halogens is 2. The summed E-state index contributed by atoms with van der Waals surface area (Å²) < 4.78 is 13.5. The number of Topliss-reactive ketones (excluding diaryl/α,β-unsaturated/α-hetero) is 1. The lowest BCUT2D eigenvalue weighted by Crippen LogP contribution is -2.41. The summed E-state index contributed by atoms with van der Waals surface area (Å²) in [6.07, 6.45) is 4.08. The monoisotopic (exact) mass is 311 g/mol. The highest BCUT2D eigenvalue weighted by Crippen LogP contribution is 2.26. The van der Waals surface area contributed by atoms with E-state index in [1.807, 2.05) is 0 Å². The fraction of sp³-hybridized carbons (Fsp3) is 0.500. The molecule has 1 aromatic carbocycles. The van der Waals surface area contributed by atoms with Crippen molar-refractivity contribution in [2.45, 2.75) is 45.1 Å². The van der Waals surface area contributed by atoms with Crippen LogP contribution < -0.4 is 0 Å². The molecule has 0 N–H and O–H groups in total. The van der Waals surface area contributed by atoms with Gasteiger partial charge in [0.25, 0.3) is 5.91 Å². The Kier molecular flexibility index (Phi) is 5.34. The zero-order valence-corrected chi connectivity index (χ0v) is 12.8. The number of benzene rings is 1. The van der Waals surface area contributed by atoms with Gasteiger partial charge < -0.3 is 4.90 Å². The van der Waals surface area contributed by atoms with Gasteiger partial charge in [0.1, 0.15) is 11.6 Å². The van der Waals surface area contributed by atoms with Crippen LogP contribution >= 0.6 is 11.6 Å². The maximum absolute atomic E-state index is 13.5. The molecule has 3 nitrogen and oxygen atoms in total. The number of nitrogens with zero attached hydrogens (tertiary/aromatic N) is 1. The molecule has 1 amide bonds. The van der Waals surface area contributed by atoms with Crippen molar-refractivity contribution in [1.82, 2.24) is 4.90 Å². The first-order chi connectivity index (χ1) is 10.0. The van der Waals surface area contributed by atoms with Crippen molar-refractivity contribution in [2.24, 2.45) is 0 Å². The van der Waals surface area contributed by atoms with E-state index in [0.717, 1.165) is 25.7 Å². The van der Waals surface area contributed by atoms with Crippen molar-refractivity contribution in [3.63, 3.8) is 0 Å². The van der Waals surface area contributed by atoms with Gasteiger partial charge >= 0.3 is 0 Å². The summed E-state index contributed by atoms with van der Waals surface area (Å²) in [4.78, 5) is 25.8. The standard InChI is InChI=1S/C16H19ClFNO2/c1-11(20)10-12-6-3-2-4-9-19(12)16(21)13-7-5-8-14(18)15(13)17/h5,7-8,12H,2-4,6,9-10H2,1H3. The Bertz CT molecular complexity index is 547. The lowest BCUT2D eigenvalue weighted by Gasteiger charge is -2.30. The van der Waals surface area contributed by atoms with Crippen LogP contribution in [0.15, 0.2) is 18.2 Å². The predicted octanol–water partition coefficient (Wildman–Crippen LogP) is 3.84. The highest BCUT2D eigenvalue weighted by molar-refractivity contribution is 6.34. The van der Waals surface area contributed by atoms with E-state index in [4.69, 9.17) is 11.6 Å². The second-order valence-electron chi connectivity index (χ2n) is 5.51. The molecule has 0 bridgehead atoms. The van der Waals surface area contributed by atoms with E-state index < -0.39 is 5.82 Å². The fourth-order valence-electron chi connectivity index (χ4n) is 2.81. The topological polar surface area (TPSA) is 37.4 Å². The Morgan fingerprint density at radius 2 is 2.10 bits per heavy atom. The minimum absolute atomic E-state index is 0.0602. The molecule has 1 saturated heterocycles. The van der Waals surface area contributed by atoms with Gasteiger partial charge in [0.05, 0.1) is 10.6 Å². The van der Waals surface area contributed by atoms with Crippen LogP contribution in [-0.4, -0.2) is 29.2 Å². The maximum Gasteiger partial charge on any atom is 0.255 e. The summed E-state index contributed by atoms with van der Waals surface area (Å²) in [6.45, 7) is 2.12. The Labute approximate surface area is 129 Å². The Morgan fingerprint density at radius 3 is 2.81 bits per heavy atom. The molecule has 5 heteroatoms. The molecule has 0 aliphatic carbocycles. The summed E-state index contributed by atoms with van der Waals surface area (Å²) >= 11 is 5.91. The smallest absolute Gasteiger partial charge is 0.255 e. The van der Waals surface area contributed by atoms with Gasteiger partial charge in [-0.2, -0.15) is 0 Å². The van der Waals surface area contributed by atoms with E-state index >= 15 is 0 Å². The van der Waals surface area contributed by atoms with Gasteiger partial charge in [-0.05, 0) is 31.9 Å². The zero-order chi connectivity index (χ0) is 15.4. The van der Waals surface area contributed by atoms with Gasteiger partial charge in [-0.3, -0.25) is 9.59 Å². The van der Waals surface area contributed by atoms with Gasteiger partial charge in [0.2, 0.25) is 0 Å². The molecular formula is C16H19ClFNO2. The van der Waals surface area contributed by atoms with Crippen molar-refractivity contribution in [3.8, 4) is 0 Å². The molecule has 114 valence electrons. The molecule has 1 aromatic rings. The van der Waals surface area contributed by atoms with E-state index in [1.165, 1.54) is 25.1 Å². The average Bonchev–Trinajstić information content (AvgIpc) is 2.66. The summed E-state index contributed by atoms with van der Waals surface area (Å²) in [7, 11) is 0. The average molecular weight is 312 g/mol. The highest BCUT2D eigenvalue weighted by atomic mass is 35.5. The van der Waals surface area contributed by atoms with Gasteiger partial charge in [0.15, 0.2) is 0 Å². The molecule has 21 heavy (non-hydrogen) atoms. The number of hydrogen-bond donors (Lipinski definition) is 0. The molecule has 1 aliphatic heterocycles. The molecule has 1 heterocycles. The maximum atomic E-state index is 13.5. The van der Waals surface area contributed by atoms with E-state index in [1.54, 1.807) is 4.90 Å². The second kappa shape index (κ2) is 7.03. The number of ketones is 1. The first-order valence-electron chi connectivity index (χ1n) is 7.25. The molecule has 1 aliphatic rings. The molecule has 1 atom stereocenters. The molecule has 1 unspecified atom stereocenters. The molecule has 0 radical (unpaired) electrons. The summed E-state index contributed by atoms with van der Waals surface area (Å²) in [5.41, 5.74) is 0.173. The molecule has 1 fully saturated rings. The number of hydrogen-bond acceptors (Lipinski definition) is 2. The van der Waals surface area contributed by atoms with E-state index in [2.05, 4.69) is 0 Å². The minimum atomic E-state index is -0.597. The van der Waals surface area contributed by atoms with Crippen molar-refractivity contribution in [3.05, 3.63) is 34.6 Å². The molecule has 0 saturated carbocycles. The van der Waals surface area contributed by atoms with E-state index in [0.29, 0.717) is 13.0 Å². The second-order valence-corrected chi connectivity index (χ2v) is 5.89. The van der Waals surface area contributed by atoms with Crippen molar-refractivity contribution in [2.75, 3.05) is 6.54 Å². The van der Waals surface area contributed by atoms with Crippen LogP contribution in [0.25, 0.3) is 0 Å². The van der Waals surface area contributed by atoms with Crippen LogP contribution in [-0.2, 0) is 4.79 Å². The lowest BCUT2D eigenvalue weighted by molar-refractivity contribution is -0.118. The Hall–Kier alpha value is -1.42. The van der Waals surface area contributed by atoms with Gasteiger partial charge in [-0.1, -0.05) is 30.5 Å². The molecule has 2 rings (SSSR count). The van der Waals surface area contributed by atoms with Crippen molar-refractivity contribution in [1.29, 1.82) is 0 Å². The van der Waals surface area contributed by atoms with Crippen LogP contribution in [0.3, 0.4) is 0 Å². The third-order valence-corrected chi connectivity index (χ3v) is 4.23. The normalized spacial score (nSPS) is 19.2. The van der Waals surface area contributed by atoms with Crippen molar-refractivity contribution >= 4 is 23.3 Å². The number of rotatable bonds is 3. The zero-order valence-electron chi connectivity index (χ0n) is 12.1. The van der Waals surface area contributed by atoms with Crippen LogP contribution in [0.1, 0.15) is 49.4 Å². The van der Waals surface area contributed by atoms with Gasteiger partial charge in [-0.25, -0.2) is 4.39 Å². The highest BCUT2D eigenvalue weighted by Gasteiger charge is 2.28. The summed E-state index contributed by atoms with van der Waals surface area (Å²) in [6, 6.07) is 4.13. The van der Waals surface area contributed by atoms with E-state index in [9.17, 15) is 14.0 Å². The third-order valence-electron chi connectivity index (χ3n) is 3.84. The lowest BCUT2D eigenvalue weighted by atomic mass is 10.0. The minimum Gasteiger partial charge on any atom is -0.335 e. The molecule has 0 aromatic heterocycles. The quantitative estimate of drug-likeness (QED) is 0.850. The Balaban J connectivity index is 2.28. The number of carbonyl (C=O) groups excluding carboxylic acids is 2. The van der Waals surface area contributed by atoms with Crippen LogP contribution in [0.4, 0.5) is 4.39 Å². The van der Waals surface area contributed by atoms with Crippen LogP contribution in [0.5, 0.6) is 0 Å². The van der Waals surface area contributed by atoms with Crippen LogP contribution in [0, 0.1) is 5.82 Å². The number of likely N-dealkylation sites (tertiary alicyclic amines) is 1.